The van der Waals surface area contributed by atoms with Crippen LogP contribution in [0.25, 0.3) is 0 Å². The van der Waals surface area contributed by atoms with Crippen molar-refractivity contribution in [3.8, 4) is 0 Å². The van der Waals surface area contributed by atoms with Crippen LogP contribution in [0.3, 0.4) is 0 Å². The zero-order valence-electron chi connectivity index (χ0n) is 5.78. The van der Waals surface area contributed by atoms with Crippen LogP contribution in [0.1, 0.15) is 0 Å². The molecule has 0 aromatic heterocycles. The van der Waals surface area contributed by atoms with E-state index in [-0.39, 0.29) is 32.0 Å². The largest absolute Gasteiger partial charge is 3.00 e. The molecule has 1 atom stereocenters. The molecule has 0 aliphatic heterocycles. The van der Waals surface area contributed by atoms with Crippen LogP contribution in [-0.2, 0) is 4.79 Å². The van der Waals surface area contributed by atoms with Crippen molar-refractivity contribution in [2.45, 2.75) is 6.04 Å². The van der Waals surface area contributed by atoms with Crippen molar-refractivity contribution in [2.24, 2.45) is 5.73 Å². The summed E-state index contributed by atoms with van der Waals surface area (Å²) in [5.74, 6) is -0.815. The van der Waals surface area contributed by atoms with Crippen molar-refractivity contribution in [3.05, 3.63) is 15.3 Å². The molecule has 0 heterocycles. The van der Waals surface area contributed by atoms with E-state index in [0.29, 0.717) is 0 Å². The number of carbonyl (C=O) groups is 1. The first-order chi connectivity index (χ1) is 4.91. The third kappa shape index (κ3) is 22.5. The Bertz CT molecular complexity index is 141. The monoisotopic (exact) mass is 392 g/mol. The number of aliphatic carboxylic acids is 1. The zero-order valence-corrected chi connectivity index (χ0v) is 10.2. The molecule has 9 heteroatoms. The molecule has 7 nitrogen and oxygen atoms in total. The predicted molar refractivity (Wildman–Crippen MR) is 45.6 cm³/mol. The van der Waals surface area contributed by atoms with E-state index in [2.05, 4.69) is 12.6 Å². The van der Waals surface area contributed by atoms with Gasteiger partial charge in [-0.2, -0.15) is 12.6 Å². The molecule has 1 unspecified atom stereocenters. The molecule has 0 saturated heterocycles. The van der Waals surface area contributed by atoms with Gasteiger partial charge in [0.25, 0.3) is 0 Å². The number of hydrogen-bond acceptors (Lipinski definition) is 6. The van der Waals surface area contributed by atoms with E-state index in [1.807, 2.05) is 0 Å². The second-order valence-corrected chi connectivity index (χ2v) is 1.72. The number of nitrogens with two attached hydrogens (primary N) is 1. The predicted octanol–water partition coefficient (Wildman–Crippen LogP) is -1.29. The number of carboxylic acid groups (broad SMARTS) is 1. The summed E-state index contributed by atoms with van der Waals surface area (Å²) < 4.78 is 0. The average molecular weight is 392 g/mol. The fraction of sp³-hybridized carbons (Fsp3) is 0.667. The van der Waals surface area contributed by atoms with E-state index in [1.54, 1.807) is 0 Å². The second kappa shape index (κ2) is 10.9. The van der Waals surface area contributed by atoms with Crippen LogP contribution >= 0.6 is 12.6 Å². The third-order valence-corrected chi connectivity index (χ3v) is 0.907. The van der Waals surface area contributed by atoms with Gasteiger partial charge in [0.15, 0.2) is 0 Å². The molecular weight excluding hydrogens is 385 g/mol. The van der Waals surface area contributed by atoms with Crippen molar-refractivity contribution < 1.29 is 15.0 Å². The maximum absolute atomic E-state index is 9.76. The van der Waals surface area contributed by atoms with Gasteiger partial charge < -0.3 is 26.2 Å². The fourth-order valence-electron chi connectivity index (χ4n) is 0.0781. The molecule has 0 rings (SSSR count). The van der Waals surface area contributed by atoms with Crippen LogP contribution < -0.4 is 5.73 Å². The molecular formula is C3H7BiN2O5S+2. The van der Waals surface area contributed by atoms with Crippen molar-refractivity contribution in [2.75, 3.05) is 5.75 Å². The fourth-order valence-corrected chi connectivity index (χ4v) is 0.234. The molecule has 12 heavy (non-hydrogen) atoms. The molecule has 0 aliphatic carbocycles. The summed E-state index contributed by atoms with van der Waals surface area (Å²) in [6.45, 7) is 0. The third-order valence-electron chi connectivity index (χ3n) is 0.514. The molecule has 0 aliphatic rings. The number of rotatable bonds is 2. The molecule has 0 aromatic rings. The minimum Gasteiger partial charge on any atom is -0.480 e. The molecule has 0 spiro atoms. The Balaban J connectivity index is -0.000000142. The normalized spacial score (nSPS) is 9.83. The zero-order chi connectivity index (χ0) is 9.44. The van der Waals surface area contributed by atoms with E-state index in [1.165, 1.54) is 0 Å². The SMILES string of the molecule is NC(CS)C(=O)O.O=[N+]([O-])[O-].[Bi+3]. The minimum atomic E-state index is -1.75. The van der Waals surface area contributed by atoms with Crippen LogP contribution in [0, 0.1) is 15.3 Å². The second-order valence-electron chi connectivity index (χ2n) is 1.35. The summed E-state index contributed by atoms with van der Waals surface area (Å²) in [4.78, 5) is 18.0. The number of carboxylic acids is 1. The molecule has 0 saturated carbocycles. The summed E-state index contributed by atoms with van der Waals surface area (Å²) in [7, 11) is 0. The van der Waals surface area contributed by atoms with Gasteiger partial charge in [-0.1, -0.05) is 0 Å². The Morgan fingerprint density at radius 3 is 1.92 bits per heavy atom. The van der Waals surface area contributed by atoms with Crippen molar-refractivity contribution in [1.82, 2.24) is 0 Å². The van der Waals surface area contributed by atoms with Crippen LogP contribution in [-0.4, -0.2) is 54.2 Å². The van der Waals surface area contributed by atoms with Crippen LogP contribution in [0.15, 0.2) is 0 Å². The Morgan fingerprint density at radius 2 is 1.92 bits per heavy atom. The van der Waals surface area contributed by atoms with Gasteiger partial charge in [0, 0.05) is 5.75 Å². The van der Waals surface area contributed by atoms with Crippen molar-refractivity contribution in [1.29, 1.82) is 0 Å². The Kier molecular flexibility index (Phi) is 16.1. The molecule has 3 N–H and O–H groups in total. The summed E-state index contributed by atoms with van der Waals surface area (Å²) in [6.07, 6.45) is 0. The molecule has 0 bridgehead atoms. The van der Waals surface area contributed by atoms with Gasteiger partial charge in [-0.3, -0.25) is 4.79 Å². The van der Waals surface area contributed by atoms with Gasteiger partial charge in [-0.15, -0.1) is 0 Å². The molecule has 0 aromatic carbocycles. The Morgan fingerprint density at radius 1 is 1.67 bits per heavy atom. The summed E-state index contributed by atoms with van der Waals surface area (Å²) in [6, 6.07) is -0.816. The average Bonchev–Trinajstić information content (AvgIpc) is 1.85. The van der Waals surface area contributed by atoms with Gasteiger partial charge in [-0.05, 0) is 0 Å². The Labute approximate surface area is 92.6 Å². The van der Waals surface area contributed by atoms with Gasteiger partial charge in [0.05, 0.1) is 5.09 Å². The number of nitrogens with zero attached hydrogens (tertiary/aromatic N) is 1. The summed E-state index contributed by atoms with van der Waals surface area (Å²) >= 11 is 3.65. The molecule has 0 amide bonds. The van der Waals surface area contributed by atoms with E-state index < -0.39 is 17.1 Å². The molecule has 2 radical (unpaired) electrons. The molecule has 68 valence electrons. The summed E-state index contributed by atoms with van der Waals surface area (Å²) in [5.41, 5.74) is 4.94. The standard InChI is InChI=1S/C3H7NO2S.Bi.NO3/c4-2(1-7)3(5)6;;2-1(3)4/h2,7H,1,4H2,(H,5,6);;/q;+3;-1. The first kappa shape index (κ1) is 17.8. The first-order valence-corrected chi connectivity index (χ1v) is 2.95. The summed E-state index contributed by atoms with van der Waals surface area (Å²) in [5, 5.41) is 22.8. The van der Waals surface area contributed by atoms with Crippen molar-refractivity contribution >= 4 is 44.8 Å². The van der Waals surface area contributed by atoms with E-state index in [0.717, 1.165) is 0 Å². The van der Waals surface area contributed by atoms with Crippen LogP contribution in [0.2, 0.25) is 0 Å². The molecule has 0 fully saturated rings. The first-order valence-electron chi connectivity index (χ1n) is 2.32. The van der Waals surface area contributed by atoms with Gasteiger partial charge in [0.2, 0.25) is 0 Å². The van der Waals surface area contributed by atoms with E-state index >= 15 is 0 Å². The van der Waals surface area contributed by atoms with Gasteiger partial charge in [-0.25, -0.2) is 0 Å². The van der Waals surface area contributed by atoms with Crippen LogP contribution in [0.5, 0.6) is 0 Å². The number of hydrogen-bond donors (Lipinski definition) is 3. The maximum atomic E-state index is 9.76. The van der Waals surface area contributed by atoms with Gasteiger partial charge >= 0.3 is 32.2 Å². The van der Waals surface area contributed by atoms with Crippen molar-refractivity contribution in [3.63, 3.8) is 0 Å². The maximum Gasteiger partial charge on any atom is 3.00 e. The number of thiol groups is 1. The van der Waals surface area contributed by atoms with Gasteiger partial charge in [0.1, 0.15) is 6.04 Å². The smallest absolute Gasteiger partial charge is 0.480 e. The van der Waals surface area contributed by atoms with E-state index in [4.69, 9.17) is 26.2 Å². The minimum absolute atomic E-state index is 0. The van der Waals surface area contributed by atoms with Crippen LogP contribution in [0.4, 0.5) is 0 Å². The quantitative estimate of drug-likeness (QED) is 0.232. The Hall–Kier alpha value is -0.137. The topological polar surface area (TPSA) is 130 Å². The van der Waals surface area contributed by atoms with E-state index in [9.17, 15) is 4.79 Å².